The molecule has 0 aliphatic heterocycles. The van der Waals surface area contributed by atoms with Gasteiger partial charge in [-0.1, -0.05) is 53.2 Å². The first-order chi connectivity index (χ1) is 11.1. The topological polar surface area (TPSA) is 34.9 Å². The maximum absolute atomic E-state index is 13.0. The van der Waals surface area contributed by atoms with Crippen molar-refractivity contribution in [3.8, 4) is 0 Å². The first kappa shape index (κ1) is 15.9. The molecule has 0 saturated carbocycles. The molecule has 0 spiro atoms. The third kappa shape index (κ3) is 3.22. The van der Waals surface area contributed by atoms with Crippen LogP contribution in [-0.4, -0.2) is 9.55 Å². The summed E-state index contributed by atoms with van der Waals surface area (Å²) in [5.41, 5.74) is 2.03. The largest absolute Gasteiger partial charge is 0.293 e. The second kappa shape index (κ2) is 6.67. The maximum atomic E-state index is 13.0. The van der Waals surface area contributed by atoms with Crippen LogP contribution in [0.15, 0.2) is 57.8 Å². The van der Waals surface area contributed by atoms with Gasteiger partial charge in [0, 0.05) is 10.5 Å². The lowest BCUT2D eigenvalue weighted by Gasteiger charge is -2.21. The molecular weight excluding hydrogens is 352 g/mol. The van der Waals surface area contributed by atoms with E-state index in [1.807, 2.05) is 47.9 Å². The summed E-state index contributed by atoms with van der Waals surface area (Å²) < 4.78 is 2.75. The summed E-state index contributed by atoms with van der Waals surface area (Å²) in [5, 5.41) is 0.663. The van der Waals surface area contributed by atoms with Gasteiger partial charge in [0.15, 0.2) is 0 Å². The number of aromatic nitrogens is 2. The Hall–Kier alpha value is -1.94. The Morgan fingerprint density at radius 3 is 2.61 bits per heavy atom. The molecule has 0 aliphatic carbocycles. The van der Waals surface area contributed by atoms with Gasteiger partial charge in [0.1, 0.15) is 5.82 Å². The van der Waals surface area contributed by atoms with Crippen LogP contribution in [0.2, 0.25) is 0 Å². The molecule has 3 nitrogen and oxygen atoms in total. The molecule has 118 valence electrons. The minimum absolute atomic E-state index is 0.0385. The lowest BCUT2D eigenvalue weighted by atomic mass is 10.0. The van der Waals surface area contributed by atoms with E-state index in [0.717, 1.165) is 28.7 Å². The molecule has 1 aromatic heterocycles. The number of fused-ring (bicyclic) bond motifs is 1. The molecule has 3 rings (SSSR count). The summed E-state index contributed by atoms with van der Waals surface area (Å²) in [4.78, 5) is 17.6. The van der Waals surface area contributed by atoms with E-state index in [4.69, 9.17) is 0 Å². The molecule has 0 amide bonds. The third-order valence-corrected chi connectivity index (χ3v) is 4.68. The van der Waals surface area contributed by atoms with Gasteiger partial charge >= 0.3 is 0 Å². The van der Waals surface area contributed by atoms with E-state index in [0.29, 0.717) is 5.39 Å². The van der Waals surface area contributed by atoms with Crippen LogP contribution in [0.3, 0.4) is 0 Å². The van der Waals surface area contributed by atoms with Gasteiger partial charge in [0.2, 0.25) is 0 Å². The number of benzene rings is 2. The lowest BCUT2D eigenvalue weighted by molar-refractivity contribution is 0.455. The van der Waals surface area contributed by atoms with Crippen LogP contribution in [0.25, 0.3) is 10.9 Å². The first-order valence-electron chi connectivity index (χ1n) is 7.82. The number of halogens is 1. The van der Waals surface area contributed by atoms with Gasteiger partial charge in [0.25, 0.3) is 5.56 Å². The predicted molar refractivity (Wildman–Crippen MR) is 97.9 cm³/mol. The summed E-state index contributed by atoms with van der Waals surface area (Å²) in [6.45, 7) is 4.03. The Balaban J connectivity index is 2.11. The highest BCUT2D eigenvalue weighted by atomic mass is 79.9. The molecule has 2 aromatic carbocycles. The minimum atomic E-state index is 0.0385. The monoisotopic (exact) mass is 370 g/mol. The van der Waals surface area contributed by atoms with Gasteiger partial charge < -0.3 is 0 Å². The number of rotatable bonds is 4. The lowest BCUT2D eigenvalue weighted by Crippen LogP contribution is -2.29. The number of hydrogen-bond acceptors (Lipinski definition) is 2. The van der Waals surface area contributed by atoms with E-state index < -0.39 is 0 Å². The normalized spacial score (nSPS) is 12.5. The molecule has 4 heteroatoms. The molecule has 0 unspecified atom stereocenters. The molecule has 0 fully saturated rings. The molecule has 1 atom stereocenters. The number of nitrogens with zero attached hydrogens (tertiary/aromatic N) is 2. The van der Waals surface area contributed by atoms with Crippen molar-refractivity contribution < 1.29 is 0 Å². The fourth-order valence-corrected chi connectivity index (χ4v) is 3.38. The second-order valence-electron chi connectivity index (χ2n) is 5.75. The SMILES string of the molecule is CC[C@H](Cc1ccccc1)n1c(C)nc2ccc(Br)cc2c1=O. The van der Waals surface area contributed by atoms with Gasteiger partial charge in [-0.05, 0) is 43.5 Å². The first-order valence-corrected chi connectivity index (χ1v) is 8.61. The van der Waals surface area contributed by atoms with Gasteiger partial charge in [0.05, 0.1) is 10.9 Å². The van der Waals surface area contributed by atoms with E-state index in [2.05, 4.69) is 40.0 Å². The molecule has 1 heterocycles. The second-order valence-corrected chi connectivity index (χ2v) is 6.66. The minimum Gasteiger partial charge on any atom is -0.293 e. The van der Waals surface area contributed by atoms with Gasteiger partial charge in [-0.25, -0.2) is 4.98 Å². The van der Waals surface area contributed by atoms with Crippen molar-refractivity contribution in [2.24, 2.45) is 0 Å². The van der Waals surface area contributed by atoms with Crippen LogP contribution < -0.4 is 5.56 Å². The van der Waals surface area contributed by atoms with Crippen molar-refractivity contribution >= 4 is 26.8 Å². The standard InChI is InChI=1S/C19H19BrN2O/c1-3-16(11-14-7-5-4-6-8-14)22-13(2)21-18-10-9-15(20)12-17(18)19(22)23/h4-10,12,16H,3,11H2,1-2H3/t16-/m1/s1. The van der Waals surface area contributed by atoms with Gasteiger partial charge in [-0.3, -0.25) is 9.36 Å². The highest BCUT2D eigenvalue weighted by molar-refractivity contribution is 9.10. The van der Waals surface area contributed by atoms with Crippen molar-refractivity contribution in [1.82, 2.24) is 9.55 Å². The van der Waals surface area contributed by atoms with Crippen molar-refractivity contribution in [2.45, 2.75) is 32.7 Å². The summed E-state index contributed by atoms with van der Waals surface area (Å²) >= 11 is 3.44. The highest BCUT2D eigenvalue weighted by Crippen LogP contribution is 2.21. The van der Waals surface area contributed by atoms with E-state index >= 15 is 0 Å². The average Bonchev–Trinajstić information content (AvgIpc) is 2.55. The van der Waals surface area contributed by atoms with Gasteiger partial charge in [-0.15, -0.1) is 0 Å². The van der Waals surface area contributed by atoms with Crippen molar-refractivity contribution in [3.05, 3.63) is 74.7 Å². The Morgan fingerprint density at radius 2 is 1.91 bits per heavy atom. The Labute approximate surface area is 144 Å². The Bertz CT molecular complexity index is 887. The van der Waals surface area contributed by atoms with Crippen LogP contribution >= 0.6 is 15.9 Å². The number of hydrogen-bond donors (Lipinski definition) is 0. The van der Waals surface area contributed by atoms with Gasteiger partial charge in [-0.2, -0.15) is 0 Å². The molecule has 0 N–H and O–H groups in total. The van der Waals surface area contributed by atoms with E-state index in [-0.39, 0.29) is 11.6 Å². The Morgan fingerprint density at radius 1 is 1.17 bits per heavy atom. The molecule has 0 aliphatic rings. The zero-order valence-corrected chi connectivity index (χ0v) is 14.9. The summed E-state index contributed by atoms with van der Waals surface area (Å²) in [6.07, 6.45) is 1.72. The van der Waals surface area contributed by atoms with E-state index in [1.165, 1.54) is 5.56 Å². The smallest absolute Gasteiger partial charge is 0.261 e. The molecular formula is C19H19BrN2O. The average molecular weight is 371 g/mol. The fourth-order valence-electron chi connectivity index (χ4n) is 3.02. The van der Waals surface area contributed by atoms with Crippen LogP contribution in [-0.2, 0) is 6.42 Å². The highest BCUT2D eigenvalue weighted by Gasteiger charge is 2.16. The fraction of sp³-hybridized carbons (Fsp3) is 0.263. The predicted octanol–water partition coefficient (Wildman–Crippen LogP) is 4.66. The van der Waals surface area contributed by atoms with Crippen LogP contribution in [0.1, 0.15) is 30.8 Å². The van der Waals surface area contributed by atoms with Crippen LogP contribution in [0.4, 0.5) is 0 Å². The third-order valence-electron chi connectivity index (χ3n) is 4.19. The zero-order valence-electron chi connectivity index (χ0n) is 13.3. The molecule has 0 radical (unpaired) electrons. The molecule has 3 aromatic rings. The van der Waals surface area contributed by atoms with Crippen molar-refractivity contribution in [2.75, 3.05) is 0 Å². The van der Waals surface area contributed by atoms with E-state index in [9.17, 15) is 4.79 Å². The van der Waals surface area contributed by atoms with Crippen molar-refractivity contribution in [3.63, 3.8) is 0 Å². The summed E-state index contributed by atoms with van der Waals surface area (Å²) in [6, 6.07) is 16.1. The van der Waals surface area contributed by atoms with Crippen LogP contribution in [0, 0.1) is 6.92 Å². The van der Waals surface area contributed by atoms with E-state index in [1.54, 1.807) is 0 Å². The Kier molecular flexibility index (Phi) is 4.62. The van der Waals surface area contributed by atoms with Crippen LogP contribution in [0.5, 0.6) is 0 Å². The molecule has 23 heavy (non-hydrogen) atoms. The molecule has 0 bridgehead atoms. The van der Waals surface area contributed by atoms with Crippen molar-refractivity contribution in [1.29, 1.82) is 0 Å². The zero-order chi connectivity index (χ0) is 16.4. The number of aryl methyl sites for hydroxylation is 1. The quantitative estimate of drug-likeness (QED) is 0.669. The maximum Gasteiger partial charge on any atom is 0.261 e. The summed E-state index contributed by atoms with van der Waals surface area (Å²) in [5.74, 6) is 0.771. The molecule has 0 saturated heterocycles. The summed E-state index contributed by atoms with van der Waals surface area (Å²) in [7, 11) is 0.